The molecule has 0 aliphatic carbocycles. The van der Waals surface area contributed by atoms with Crippen molar-refractivity contribution in [1.29, 1.82) is 0 Å². The maximum atomic E-state index is 12.7. The number of hydrazone groups is 1. The van der Waals surface area contributed by atoms with Crippen LogP contribution in [0.2, 0.25) is 0 Å². The largest absolute Gasteiger partial charge is 0.271 e. The second-order valence-corrected chi connectivity index (χ2v) is 4.12. The molecule has 2 aromatic carbocycles. The number of carbonyl (C=O) groups is 1. The first-order valence-corrected chi connectivity index (χ1v) is 5.81. The fourth-order valence-electron chi connectivity index (χ4n) is 1.57. The lowest BCUT2D eigenvalue weighted by Crippen LogP contribution is -2.17. The van der Waals surface area contributed by atoms with Crippen molar-refractivity contribution in [3.63, 3.8) is 0 Å². The molecule has 0 heterocycles. The zero-order chi connectivity index (χ0) is 13.7. The van der Waals surface area contributed by atoms with Gasteiger partial charge in [-0.2, -0.15) is 5.10 Å². The minimum absolute atomic E-state index is 0.276. The number of amides is 1. The van der Waals surface area contributed by atoms with Gasteiger partial charge >= 0.3 is 0 Å². The molecule has 3 nitrogen and oxygen atoms in total. The second kappa shape index (κ2) is 5.91. The molecule has 2 rings (SSSR count). The lowest BCUT2D eigenvalue weighted by atomic mass is 10.1. The summed E-state index contributed by atoms with van der Waals surface area (Å²) in [5.41, 5.74) is 4.70. The molecule has 4 heteroatoms. The number of carbonyl (C=O) groups excluding carboxylic acids is 1. The van der Waals surface area contributed by atoms with Crippen molar-refractivity contribution in [3.8, 4) is 0 Å². The highest BCUT2D eigenvalue weighted by Gasteiger charge is 2.02. The summed E-state index contributed by atoms with van der Waals surface area (Å²) in [6.07, 6.45) is 1.47. The molecule has 0 spiro atoms. The zero-order valence-electron chi connectivity index (χ0n) is 10.4. The van der Waals surface area contributed by atoms with Crippen molar-refractivity contribution < 1.29 is 9.18 Å². The molecule has 0 saturated carbocycles. The Kier molecular flexibility index (Phi) is 4.03. The van der Waals surface area contributed by atoms with Gasteiger partial charge in [0.15, 0.2) is 0 Å². The van der Waals surface area contributed by atoms with Crippen molar-refractivity contribution >= 4 is 12.1 Å². The van der Waals surface area contributed by atoms with Crippen LogP contribution in [0.5, 0.6) is 0 Å². The van der Waals surface area contributed by atoms with Crippen LogP contribution in [0, 0.1) is 12.7 Å². The molecule has 0 fully saturated rings. The molecule has 0 saturated heterocycles. The summed E-state index contributed by atoms with van der Waals surface area (Å²) in [6.45, 7) is 1.92. The highest BCUT2D eigenvalue weighted by molar-refractivity contribution is 5.95. The van der Waals surface area contributed by atoms with Crippen LogP contribution in [0.3, 0.4) is 0 Å². The first kappa shape index (κ1) is 13.0. The minimum atomic E-state index is -0.305. The van der Waals surface area contributed by atoms with Crippen molar-refractivity contribution in [2.45, 2.75) is 6.92 Å². The van der Waals surface area contributed by atoms with Crippen molar-refractivity contribution in [1.82, 2.24) is 5.43 Å². The van der Waals surface area contributed by atoms with Gasteiger partial charge in [-0.1, -0.05) is 29.8 Å². The molecule has 0 aliphatic heterocycles. The van der Waals surface area contributed by atoms with Crippen LogP contribution in [0.15, 0.2) is 53.6 Å². The van der Waals surface area contributed by atoms with Gasteiger partial charge in [0.1, 0.15) is 5.82 Å². The Morgan fingerprint density at radius 1 is 1.21 bits per heavy atom. The summed E-state index contributed by atoms with van der Waals surface area (Å²) in [5.74, 6) is -0.581. The third kappa shape index (κ3) is 3.74. The van der Waals surface area contributed by atoms with Gasteiger partial charge in [0.25, 0.3) is 5.91 Å². The molecular weight excluding hydrogens is 243 g/mol. The van der Waals surface area contributed by atoms with E-state index in [9.17, 15) is 9.18 Å². The number of hydrogen-bond donors (Lipinski definition) is 1. The molecule has 96 valence electrons. The van der Waals surface area contributed by atoms with Crippen molar-refractivity contribution in [2.75, 3.05) is 0 Å². The van der Waals surface area contributed by atoms with Crippen LogP contribution in [0.25, 0.3) is 0 Å². The van der Waals surface area contributed by atoms with Crippen molar-refractivity contribution in [3.05, 3.63) is 71.0 Å². The van der Waals surface area contributed by atoms with Crippen molar-refractivity contribution in [2.24, 2.45) is 5.10 Å². The quantitative estimate of drug-likeness (QED) is 0.665. The summed E-state index contributed by atoms with van der Waals surface area (Å²) < 4.78 is 12.7. The maximum absolute atomic E-state index is 12.7. The van der Waals surface area contributed by atoms with Gasteiger partial charge in [0, 0.05) is 5.56 Å². The Morgan fingerprint density at radius 3 is 2.63 bits per heavy atom. The molecule has 0 radical (unpaired) electrons. The second-order valence-electron chi connectivity index (χ2n) is 4.12. The van der Waals surface area contributed by atoms with Gasteiger partial charge < -0.3 is 0 Å². The van der Waals surface area contributed by atoms with Gasteiger partial charge in [-0.05, 0) is 36.8 Å². The number of aryl methyl sites for hydroxylation is 1. The van der Waals surface area contributed by atoms with E-state index < -0.39 is 0 Å². The van der Waals surface area contributed by atoms with Crippen LogP contribution >= 0.6 is 0 Å². The number of nitrogens with zero attached hydrogens (tertiary/aromatic N) is 1. The van der Waals surface area contributed by atoms with Crippen LogP contribution in [-0.2, 0) is 0 Å². The predicted molar refractivity (Wildman–Crippen MR) is 72.6 cm³/mol. The molecule has 0 aromatic heterocycles. The first-order chi connectivity index (χ1) is 9.15. The number of rotatable bonds is 3. The summed E-state index contributed by atoms with van der Waals surface area (Å²) in [5, 5.41) is 3.83. The van der Waals surface area contributed by atoms with Crippen LogP contribution in [0.1, 0.15) is 21.5 Å². The van der Waals surface area contributed by atoms with E-state index in [4.69, 9.17) is 0 Å². The van der Waals surface area contributed by atoms with E-state index in [-0.39, 0.29) is 11.7 Å². The Balaban J connectivity index is 1.98. The fourth-order valence-corrected chi connectivity index (χ4v) is 1.57. The van der Waals surface area contributed by atoms with E-state index in [1.54, 1.807) is 24.3 Å². The molecule has 0 aliphatic rings. The highest BCUT2D eigenvalue weighted by atomic mass is 19.1. The summed E-state index contributed by atoms with van der Waals surface area (Å²) in [6, 6.07) is 13.1. The molecule has 0 unspecified atom stereocenters. The summed E-state index contributed by atoms with van der Waals surface area (Å²) in [4.78, 5) is 11.8. The minimum Gasteiger partial charge on any atom is -0.267 e. The molecule has 0 bridgehead atoms. The third-order valence-corrected chi connectivity index (χ3v) is 2.53. The van der Waals surface area contributed by atoms with E-state index in [0.717, 1.165) is 5.56 Å². The Labute approximate surface area is 110 Å². The average Bonchev–Trinajstić information content (AvgIpc) is 2.41. The van der Waals surface area contributed by atoms with Gasteiger partial charge in [0.2, 0.25) is 0 Å². The Hall–Kier alpha value is -2.49. The predicted octanol–water partition coefficient (Wildman–Crippen LogP) is 2.90. The molecular formula is C15H13FN2O. The monoisotopic (exact) mass is 256 g/mol. The van der Waals surface area contributed by atoms with Gasteiger partial charge in [-0.3, -0.25) is 4.79 Å². The SMILES string of the molecule is Cc1cccc(C(=O)N/N=C/c2ccc(F)cc2)c1. The molecule has 1 N–H and O–H groups in total. The summed E-state index contributed by atoms with van der Waals surface area (Å²) in [7, 11) is 0. The smallest absolute Gasteiger partial charge is 0.267 e. The van der Waals surface area contributed by atoms with Crippen LogP contribution in [-0.4, -0.2) is 12.1 Å². The number of benzene rings is 2. The van der Waals surface area contributed by atoms with Gasteiger partial charge in [-0.25, -0.2) is 9.82 Å². The number of nitrogens with one attached hydrogen (secondary N) is 1. The van der Waals surface area contributed by atoms with E-state index in [1.807, 2.05) is 19.1 Å². The Bertz CT molecular complexity index is 606. The zero-order valence-corrected chi connectivity index (χ0v) is 10.4. The summed E-state index contributed by atoms with van der Waals surface area (Å²) >= 11 is 0. The molecule has 1 amide bonds. The maximum Gasteiger partial charge on any atom is 0.271 e. The molecule has 2 aromatic rings. The standard InChI is InChI=1S/C15H13FN2O/c1-11-3-2-4-13(9-11)15(19)18-17-10-12-5-7-14(16)8-6-12/h2-10H,1H3,(H,18,19)/b17-10+. The Morgan fingerprint density at radius 2 is 1.95 bits per heavy atom. The molecule has 0 atom stereocenters. The highest BCUT2D eigenvalue weighted by Crippen LogP contribution is 2.03. The van der Waals surface area contributed by atoms with Gasteiger partial charge in [0.05, 0.1) is 6.21 Å². The lowest BCUT2D eigenvalue weighted by Gasteiger charge is -2.00. The third-order valence-electron chi connectivity index (χ3n) is 2.53. The topological polar surface area (TPSA) is 41.5 Å². The van der Waals surface area contributed by atoms with Crippen LogP contribution in [0.4, 0.5) is 4.39 Å². The number of halogens is 1. The first-order valence-electron chi connectivity index (χ1n) is 5.81. The van der Waals surface area contributed by atoms with E-state index in [0.29, 0.717) is 11.1 Å². The lowest BCUT2D eigenvalue weighted by molar-refractivity contribution is 0.0955. The van der Waals surface area contributed by atoms with E-state index in [2.05, 4.69) is 10.5 Å². The van der Waals surface area contributed by atoms with Crippen LogP contribution < -0.4 is 5.43 Å². The number of hydrogen-bond acceptors (Lipinski definition) is 2. The average molecular weight is 256 g/mol. The fraction of sp³-hybridized carbons (Fsp3) is 0.0667. The normalized spacial score (nSPS) is 10.6. The van der Waals surface area contributed by atoms with E-state index in [1.165, 1.54) is 18.3 Å². The molecule has 19 heavy (non-hydrogen) atoms. The van der Waals surface area contributed by atoms with Gasteiger partial charge in [-0.15, -0.1) is 0 Å². The van der Waals surface area contributed by atoms with E-state index >= 15 is 0 Å².